The van der Waals surface area contributed by atoms with Crippen LogP contribution in [0.25, 0.3) is 0 Å². The number of rotatable bonds is 11. The first kappa shape index (κ1) is 19.2. The lowest BCUT2D eigenvalue weighted by atomic mass is 10.3. The smallest absolute Gasteiger partial charge is 0.404 e. The normalized spacial score (nSPS) is 11.4. The second kappa shape index (κ2) is 10.0. The van der Waals surface area contributed by atoms with Crippen molar-refractivity contribution in [2.75, 3.05) is 25.0 Å². The van der Waals surface area contributed by atoms with E-state index in [2.05, 4.69) is 0 Å². The second-order valence-corrected chi connectivity index (χ2v) is 6.39. The van der Waals surface area contributed by atoms with Crippen LogP contribution in [0, 0.1) is 10.1 Å². The third-order valence-electron chi connectivity index (χ3n) is 2.32. The summed E-state index contributed by atoms with van der Waals surface area (Å²) in [6, 6.07) is 5.11. The van der Waals surface area contributed by atoms with Crippen molar-refractivity contribution in [3.05, 3.63) is 34.4 Å². The average Bonchev–Trinajstić information content (AvgIpc) is 2.48. The Morgan fingerprint density at radius 1 is 1.05 bits per heavy atom. The van der Waals surface area contributed by atoms with Crippen molar-refractivity contribution < 1.29 is 23.1 Å². The highest BCUT2D eigenvalue weighted by molar-refractivity contribution is 7.48. The zero-order valence-corrected chi connectivity index (χ0v) is 14.1. The molecule has 0 atom stereocenters. The van der Waals surface area contributed by atoms with Gasteiger partial charge in [-0.3, -0.25) is 19.2 Å². The van der Waals surface area contributed by atoms with Crippen LogP contribution in [0.15, 0.2) is 24.3 Å². The van der Waals surface area contributed by atoms with E-state index in [0.29, 0.717) is 24.6 Å². The van der Waals surface area contributed by atoms with Crippen molar-refractivity contribution >= 4 is 36.7 Å². The number of alkyl halides is 2. The van der Waals surface area contributed by atoms with Gasteiger partial charge in [-0.15, -0.1) is 23.2 Å². The van der Waals surface area contributed by atoms with E-state index in [0.717, 1.165) is 0 Å². The summed E-state index contributed by atoms with van der Waals surface area (Å²) in [6.07, 6.45) is 0.960. The highest BCUT2D eigenvalue weighted by Gasteiger charge is 2.28. The molecule has 0 aliphatic carbocycles. The number of non-ortho nitro benzene ring substituents is 1. The lowest BCUT2D eigenvalue weighted by Crippen LogP contribution is -2.05. The molecule has 22 heavy (non-hydrogen) atoms. The molecule has 1 rings (SSSR count). The summed E-state index contributed by atoms with van der Waals surface area (Å²) < 4.78 is 28.0. The number of nitrogens with zero attached hydrogens (tertiary/aromatic N) is 1. The van der Waals surface area contributed by atoms with E-state index in [1.165, 1.54) is 24.3 Å². The van der Waals surface area contributed by atoms with Crippen LogP contribution in [-0.4, -0.2) is 29.9 Å². The number of hydrogen-bond acceptors (Lipinski definition) is 6. The minimum atomic E-state index is -3.83. The van der Waals surface area contributed by atoms with Gasteiger partial charge in [0.25, 0.3) is 5.69 Å². The van der Waals surface area contributed by atoms with E-state index < -0.39 is 12.7 Å². The summed E-state index contributed by atoms with van der Waals surface area (Å²) in [5.74, 6) is 0.837. The first-order chi connectivity index (χ1) is 10.5. The quantitative estimate of drug-likeness (QED) is 0.188. The van der Waals surface area contributed by atoms with Gasteiger partial charge in [0.1, 0.15) is 5.75 Å². The number of halogens is 2. The molecule has 0 radical (unpaired) electrons. The molecule has 0 aromatic heterocycles. The van der Waals surface area contributed by atoms with Gasteiger partial charge in [0.15, 0.2) is 0 Å². The van der Waals surface area contributed by atoms with E-state index >= 15 is 0 Å². The molecule has 1 aromatic rings. The van der Waals surface area contributed by atoms with Gasteiger partial charge in [-0.2, -0.15) is 0 Å². The fraction of sp³-hybridized carbons (Fsp3) is 0.500. The lowest BCUT2D eigenvalue weighted by Gasteiger charge is -2.18. The van der Waals surface area contributed by atoms with Crippen molar-refractivity contribution in [2.24, 2.45) is 0 Å². The fourth-order valence-corrected chi connectivity index (χ4v) is 2.79. The van der Waals surface area contributed by atoms with Crippen molar-refractivity contribution in [2.45, 2.75) is 12.8 Å². The first-order valence-electron chi connectivity index (χ1n) is 6.46. The van der Waals surface area contributed by atoms with E-state index in [1.807, 2.05) is 0 Å². The Morgan fingerprint density at radius 3 is 1.95 bits per heavy atom. The maximum Gasteiger partial charge on any atom is 0.530 e. The monoisotopic (exact) mass is 371 g/mol. The number of benzene rings is 1. The molecular weight excluding hydrogens is 356 g/mol. The predicted octanol–water partition coefficient (Wildman–Crippen LogP) is 4.37. The Bertz CT molecular complexity index is 499. The second-order valence-electron chi connectivity index (χ2n) is 4.04. The van der Waals surface area contributed by atoms with E-state index in [9.17, 15) is 14.7 Å². The number of nitro groups is 1. The van der Waals surface area contributed by atoms with Crippen molar-refractivity contribution in [3.8, 4) is 5.75 Å². The van der Waals surface area contributed by atoms with Gasteiger partial charge in [-0.25, -0.2) is 4.57 Å². The molecule has 10 heteroatoms. The molecule has 7 nitrogen and oxygen atoms in total. The van der Waals surface area contributed by atoms with Gasteiger partial charge in [0.2, 0.25) is 0 Å². The lowest BCUT2D eigenvalue weighted by molar-refractivity contribution is -0.384. The number of hydrogen-bond donors (Lipinski definition) is 0. The molecule has 0 aliphatic heterocycles. The van der Waals surface area contributed by atoms with E-state index in [4.69, 9.17) is 36.8 Å². The highest BCUT2D eigenvalue weighted by atomic mass is 35.5. The fourth-order valence-electron chi connectivity index (χ4n) is 1.31. The summed E-state index contributed by atoms with van der Waals surface area (Å²) in [5.41, 5.74) is -0.103. The first-order valence-corrected chi connectivity index (χ1v) is 8.99. The third kappa shape index (κ3) is 6.94. The van der Waals surface area contributed by atoms with Crippen molar-refractivity contribution in [1.82, 2.24) is 0 Å². The molecule has 0 fully saturated rings. The standard InChI is InChI=1S/C12H16Cl2NO6P/c13-7-1-9-19-22(18,20-10-2-8-14)21-12-5-3-11(4-6-12)15(16)17/h3-6H,1-2,7-10H2. The summed E-state index contributed by atoms with van der Waals surface area (Å²) in [5, 5.41) is 10.6. The molecule has 0 aliphatic rings. The maximum absolute atomic E-state index is 12.5. The number of phosphoric ester groups is 1. The van der Waals surface area contributed by atoms with E-state index in [-0.39, 0.29) is 24.7 Å². The van der Waals surface area contributed by atoms with Crippen LogP contribution in [0.1, 0.15) is 12.8 Å². The van der Waals surface area contributed by atoms with Gasteiger partial charge < -0.3 is 4.52 Å². The molecule has 1 aromatic carbocycles. The van der Waals surface area contributed by atoms with Gasteiger partial charge in [-0.05, 0) is 25.0 Å². The van der Waals surface area contributed by atoms with Gasteiger partial charge in [0.05, 0.1) is 18.1 Å². The van der Waals surface area contributed by atoms with Crippen LogP contribution < -0.4 is 4.52 Å². The van der Waals surface area contributed by atoms with Crippen LogP contribution in [0.4, 0.5) is 5.69 Å². The van der Waals surface area contributed by atoms with E-state index in [1.54, 1.807) is 0 Å². The summed E-state index contributed by atoms with van der Waals surface area (Å²) >= 11 is 11.1. The summed E-state index contributed by atoms with van der Waals surface area (Å²) in [7, 11) is -3.83. The zero-order chi connectivity index (χ0) is 16.4. The van der Waals surface area contributed by atoms with Gasteiger partial charge in [-0.1, -0.05) is 0 Å². The SMILES string of the molecule is O=[N+]([O-])c1ccc(OP(=O)(OCCCCl)OCCCCl)cc1. The Labute approximate surface area is 138 Å². The Kier molecular flexibility index (Phi) is 8.75. The third-order valence-corrected chi connectivity index (χ3v) is 4.29. The molecule has 124 valence electrons. The predicted molar refractivity (Wildman–Crippen MR) is 83.9 cm³/mol. The van der Waals surface area contributed by atoms with Crippen LogP contribution >= 0.6 is 31.0 Å². The van der Waals surface area contributed by atoms with Crippen molar-refractivity contribution in [1.29, 1.82) is 0 Å². The minimum Gasteiger partial charge on any atom is -0.404 e. The van der Waals surface area contributed by atoms with Crippen LogP contribution in [0.3, 0.4) is 0 Å². The van der Waals surface area contributed by atoms with Crippen molar-refractivity contribution in [3.63, 3.8) is 0 Å². The van der Waals surface area contributed by atoms with Gasteiger partial charge >= 0.3 is 7.82 Å². The Hall–Kier alpha value is -0.850. The maximum atomic E-state index is 12.5. The molecule has 0 amide bonds. The highest BCUT2D eigenvalue weighted by Crippen LogP contribution is 2.49. The largest absolute Gasteiger partial charge is 0.530 e. The zero-order valence-electron chi connectivity index (χ0n) is 11.7. The topological polar surface area (TPSA) is 87.9 Å². The molecule has 0 bridgehead atoms. The molecular formula is C12H16Cl2NO6P. The Morgan fingerprint density at radius 2 is 1.55 bits per heavy atom. The van der Waals surface area contributed by atoms with Gasteiger partial charge in [0, 0.05) is 23.9 Å². The Balaban J connectivity index is 2.73. The average molecular weight is 372 g/mol. The molecule has 0 spiro atoms. The number of nitro benzene ring substituents is 1. The molecule has 0 saturated heterocycles. The summed E-state index contributed by atoms with van der Waals surface area (Å²) in [6.45, 7) is 0.212. The molecule has 0 heterocycles. The van der Waals surface area contributed by atoms with Crippen LogP contribution in [-0.2, 0) is 13.6 Å². The van der Waals surface area contributed by atoms with Crippen LogP contribution in [0.2, 0.25) is 0 Å². The molecule has 0 saturated carbocycles. The molecule has 0 N–H and O–H groups in total. The summed E-state index contributed by atoms with van der Waals surface area (Å²) in [4.78, 5) is 10.0. The van der Waals surface area contributed by atoms with Crippen LogP contribution in [0.5, 0.6) is 5.75 Å². The minimum absolute atomic E-state index is 0.103. The molecule has 0 unspecified atom stereocenters. The number of phosphoric acid groups is 1.